The molecule has 0 unspecified atom stereocenters. The molecule has 0 atom stereocenters. The van der Waals surface area contributed by atoms with Crippen LogP contribution >= 0.6 is 0 Å². The van der Waals surface area contributed by atoms with Gasteiger partial charge in [-0.1, -0.05) is 0 Å². The maximum Gasteiger partial charge on any atom is 0.203 e. The summed E-state index contributed by atoms with van der Waals surface area (Å²) in [6.45, 7) is 7.16. The summed E-state index contributed by atoms with van der Waals surface area (Å²) < 4.78 is 7.52. The van der Waals surface area contributed by atoms with Gasteiger partial charge in [-0.05, 0) is 32.6 Å². The van der Waals surface area contributed by atoms with Gasteiger partial charge < -0.3 is 14.6 Å². The second-order valence-electron chi connectivity index (χ2n) is 4.69. The first-order chi connectivity index (χ1) is 7.77. The van der Waals surface area contributed by atoms with Crippen molar-refractivity contribution in [3.05, 3.63) is 12.4 Å². The van der Waals surface area contributed by atoms with Crippen molar-refractivity contribution in [3.63, 3.8) is 0 Å². The number of nitrogens with zero attached hydrogens (tertiary/aromatic N) is 2. The van der Waals surface area contributed by atoms with Crippen molar-refractivity contribution in [2.24, 2.45) is 5.92 Å². The van der Waals surface area contributed by atoms with Crippen molar-refractivity contribution in [3.8, 4) is 0 Å². The molecule has 2 rings (SSSR count). The number of nitrogens with one attached hydrogen (secondary N) is 1. The van der Waals surface area contributed by atoms with Crippen LogP contribution < -0.4 is 5.32 Å². The standard InChI is InChI=1S/C12H21N3O/c1-10(2)15-6-5-13-12(15)14-9-11-3-7-16-8-4-11/h5-6,10-11H,3-4,7-9H2,1-2H3,(H,13,14). The fraction of sp³-hybridized carbons (Fsp3) is 0.750. The van der Waals surface area contributed by atoms with Gasteiger partial charge in [0, 0.05) is 38.2 Å². The van der Waals surface area contributed by atoms with E-state index in [1.807, 2.05) is 12.4 Å². The molecule has 1 aromatic heterocycles. The van der Waals surface area contributed by atoms with Crippen molar-refractivity contribution in [1.82, 2.24) is 9.55 Å². The minimum absolute atomic E-state index is 0.458. The van der Waals surface area contributed by atoms with E-state index in [-0.39, 0.29) is 0 Å². The summed E-state index contributed by atoms with van der Waals surface area (Å²) in [6, 6.07) is 0.458. The Hall–Kier alpha value is -1.03. The lowest BCUT2D eigenvalue weighted by Gasteiger charge is -2.23. The summed E-state index contributed by atoms with van der Waals surface area (Å²) >= 11 is 0. The molecule has 4 heteroatoms. The van der Waals surface area contributed by atoms with Crippen molar-refractivity contribution in [2.45, 2.75) is 32.7 Å². The van der Waals surface area contributed by atoms with Gasteiger partial charge in [0.2, 0.25) is 5.95 Å². The number of imidazole rings is 1. The molecule has 16 heavy (non-hydrogen) atoms. The van der Waals surface area contributed by atoms with Gasteiger partial charge in [-0.15, -0.1) is 0 Å². The van der Waals surface area contributed by atoms with Crippen molar-refractivity contribution < 1.29 is 4.74 Å². The average molecular weight is 223 g/mol. The van der Waals surface area contributed by atoms with Crippen LogP contribution in [0.15, 0.2) is 12.4 Å². The predicted octanol–water partition coefficient (Wildman–Crippen LogP) is 2.30. The van der Waals surface area contributed by atoms with E-state index >= 15 is 0 Å². The smallest absolute Gasteiger partial charge is 0.203 e. The van der Waals surface area contributed by atoms with Crippen LogP contribution in [0.5, 0.6) is 0 Å². The zero-order valence-corrected chi connectivity index (χ0v) is 10.1. The fourth-order valence-electron chi connectivity index (χ4n) is 2.05. The first kappa shape index (κ1) is 11.5. The SMILES string of the molecule is CC(C)n1ccnc1NCC1CCOCC1. The molecule has 1 aliphatic heterocycles. The highest BCUT2D eigenvalue weighted by Gasteiger charge is 2.14. The third-order valence-electron chi connectivity index (χ3n) is 3.11. The third-order valence-corrected chi connectivity index (χ3v) is 3.11. The number of aromatic nitrogens is 2. The second-order valence-corrected chi connectivity index (χ2v) is 4.69. The molecule has 1 aliphatic rings. The predicted molar refractivity (Wildman–Crippen MR) is 64.6 cm³/mol. The summed E-state index contributed by atoms with van der Waals surface area (Å²) in [5.74, 6) is 1.72. The Morgan fingerprint density at radius 3 is 2.94 bits per heavy atom. The molecular weight excluding hydrogens is 202 g/mol. The lowest BCUT2D eigenvalue weighted by atomic mass is 10.0. The highest BCUT2D eigenvalue weighted by molar-refractivity contribution is 5.26. The monoisotopic (exact) mass is 223 g/mol. The number of anilines is 1. The number of ether oxygens (including phenoxy) is 1. The Kier molecular flexibility index (Phi) is 3.83. The Balaban J connectivity index is 1.86. The molecule has 90 valence electrons. The molecule has 0 aliphatic carbocycles. The molecule has 4 nitrogen and oxygen atoms in total. The van der Waals surface area contributed by atoms with Gasteiger partial charge in [0.1, 0.15) is 0 Å². The second kappa shape index (κ2) is 5.34. The summed E-state index contributed by atoms with van der Waals surface area (Å²) in [5.41, 5.74) is 0. The van der Waals surface area contributed by atoms with Crippen LogP contribution in [0.4, 0.5) is 5.95 Å². The maximum absolute atomic E-state index is 5.35. The molecule has 1 saturated heterocycles. The van der Waals surface area contributed by atoms with Gasteiger partial charge >= 0.3 is 0 Å². The molecule has 1 N–H and O–H groups in total. The molecule has 0 saturated carbocycles. The molecule has 1 aromatic rings. The highest BCUT2D eigenvalue weighted by atomic mass is 16.5. The van der Waals surface area contributed by atoms with E-state index in [2.05, 4.69) is 28.7 Å². The zero-order valence-electron chi connectivity index (χ0n) is 10.1. The van der Waals surface area contributed by atoms with Gasteiger partial charge in [0.25, 0.3) is 0 Å². The van der Waals surface area contributed by atoms with Crippen LogP contribution in [0.3, 0.4) is 0 Å². The van der Waals surface area contributed by atoms with Crippen LogP contribution in [0.25, 0.3) is 0 Å². The average Bonchev–Trinajstić information content (AvgIpc) is 2.76. The van der Waals surface area contributed by atoms with E-state index in [4.69, 9.17) is 4.74 Å². The summed E-state index contributed by atoms with van der Waals surface area (Å²) in [4.78, 5) is 4.34. The molecule has 0 amide bonds. The lowest BCUT2D eigenvalue weighted by molar-refractivity contribution is 0.0699. The molecule has 0 spiro atoms. The van der Waals surface area contributed by atoms with E-state index in [1.165, 1.54) is 0 Å². The van der Waals surface area contributed by atoms with E-state index in [0.717, 1.165) is 44.5 Å². The van der Waals surface area contributed by atoms with Crippen LogP contribution in [-0.4, -0.2) is 29.3 Å². The van der Waals surface area contributed by atoms with Crippen molar-refractivity contribution in [1.29, 1.82) is 0 Å². The number of hydrogen-bond donors (Lipinski definition) is 1. The maximum atomic E-state index is 5.35. The quantitative estimate of drug-likeness (QED) is 0.851. The zero-order chi connectivity index (χ0) is 11.4. The Labute approximate surface area is 97.0 Å². The first-order valence-corrected chi connectivity index (χ1v) is 6.12. The van der Waals surface area contributed by atoms with Crippen LogP contribution in [0, 0.1) is 5.92 Å². The largest absolute Gasteiger partial charge is 0.381 e. The number of rotatable bonds is 4. The minimum Gasteiger partial charge on any atom is -0.381 e. The van der Waals surface area contributed by atoms with Gasteiger partial charge in [0.05, 0.1) is 0 Å². The molecule has 0 aromatic carbocycles. The number of hydrogen-bond acceptors (Lipinski definition) is 3. The van der Waals surface area contributed by atoms with Crippen LogP contribution in [-0.2, 0) is 4.74 Å². The van der Waals surface area contributed by atoms with Gasteiger partial charge in [0.15, 0.2) is 0 Å². The van der Waals surface area contributed by atoms with Crippen molar-refractivity contribution in [2.75, 3.05) is 25.1 Å². The Morgan fingerprint density at radius 1 is 1.50 bits per heavy atom. The summed E-state index contributed by atoms with van der Waals surface area (Å²) in [6.07, 6.45) is 6.20. The lowest BCUT2D eigenvalue weighted by Crippen LogP contribution is -2.23. The van der Waals surface area contributed by atoms with Gasteiger partial charge in [-0.25, -0.2) is 4.98 Å². The third kappa shape index (κ3) is 2.76. The van der Waals surface area contributed by atoms with Crippen LogP contribution in [0.2, 0.25) is 0 Å². The Bertz CT molecular complexity index is 316. The summed E-state index contributed by atoms with van der Waals surface area (Å²) in [5, 5.41) is 3.44. The van der Waals surface area contributed by atoms with Gasteiger partial charge in [-0.2, -0.15) is 0 Å². The van der Waals surface area contributed by atoms with E-state index in [1.54, 1.807) is 0 Å². The fourth-order valence-corrected chi connectivity index (χ4v) is 2.05. The topological polar surface area (TPSA) is 39.1 Å². The Morgan fingerprint density at radius 2 is 2.25 bits per heavy atom. The van der Waals surface area contributed by atoms with E-state index in [9.17, 15) is 0 Å². The van der Waals surface area contributed by atoms with E-state index < -0.39 is 0 Å². The molecule has 0 bridgehead atoms. The minimum atomic E-state index is 0.458. The first-order valence-electron chi connectivity index (χ1n) is 6.12. The highest BCUT2D eigenvalue weighted by Crippen LogP contribution is 2.17. The molecule has 0 radical (unpaired) electrons. The van der Waals surface area contributed by atoms with Gasteiger partial charge in [-0.3, -0.25) is 0 Å². The van der Waals surface area contributed by atoms with Crippen LogP contribution in [0.1, 0.15) is 32.7 Å². The summed E-state index contributed by atoms with van der Waals surface area (Å²) in [7, 11) is 0. The molecular formula is C12H21N3O. The molecule has 1 fully saturated rings. The normalized spacial score (nSPS) is 17.9. The van der Waals surface area contributed by atoms with Crippen molar-refractivity contribution >= 4 is 5.95 Å². The van der Waals surface area contributed by atoms with E-state index in [0.29, 0.717) is 6.04 Å². The molecule has 2 heterocycles.